The number of ether oxygens (including phenoxy) is 1. The summed E-state index contributed by atoms with van der Waals surface area (Å²) < 4.78 is 5.80. The molecular formula is C17H26N2O2. The van der Waals surface area contributed by atoms with Crippen LogP contribution in [0.15, 0.2) is 24.3 Å². The summed E-state index contributed by atoms with van der Waals surface area (Å²) in [6.07, 6.45) is 2.73. The van der Waals surface area contributed by atoms with Gasteiger partial charge in [0.25, 0.3) is 0 Å². The molecule has 2 rings (SSSR count). The van der Waals surface area contributed by atoms with Gasteiger partial charge in [0, 0.05) is 24.7 Å². The monoisotopic (exact) mass is 290 g/mol. The second-order valence-corrected chi connectivity index (χ2v) is 5.89. The van der Waals surface area contributed by atoms with E-state index < -0.39 is 0 Å². The summed E-state index contributed by atoms with van der Waals surface area (Å²) in [4.78, 5) is 14.6. The highest BCUT2D eigenvalue weighted by Gasteiger charge is 2.28. The molecule has 0 bridgehead atoms. The molecule has 1 aromatic carbocycles. The van der Waals surface area contributed by atoms with Crippen LogP contribution in [0.25, 0.3) is 0 Å². The number of benzene rings is 1. The van der Waals surface area contributed by atoms with Gasteiger partial charge in [0.05, 0.1) is 12.5 Å². The number of para-hydroxylation sites is 1. The molecule has 1 heterocycles. The van der Waals surface area contributed by atoms with Gasteiger partial charge in [-0.3, -0.25) is 4.79 Å². The Balaban J connectivity index is 2.05. The summed E-state index contributed by atoms with van der Waals surface area (Å²) in [5.74, 6) is 1.03. The lowest BCUT2D eigenvalue weighted by molar-refractivity contribution is -0.131. The Kier molecular flexibility index (Phi) is 5.62. The molecule has 4 nitrogen and oxygen atoms in total. The van der Waals surface area contributed by atoms with E-state index in [1.807, 2.05) is 50.1 Å². The Bertz CT molecular complexity index is 474. The fourth-order valence-corrected chi connectivity index (χ4v) is 2.90. The highest BCUT2D eigenvalue weighted by Crippen LogP contribution is 2.23. The third kappa shape index (κ3) is 4.21. The number of hydrogen-bond acceptors (Lipinski definition) is 3. The molecule has 1 aliphatic heterocycles. The first-order valence-corrected chi connectivity index (χ1v) is 7.80. The zero-order valence-corrected chi connectivity index (χ0v) is 13.3. The van der Waals surface area contributed by atoms with E-state index in [9.17, 15) is 4.79 Å². The molecule has 1 amide bonds. The van der Waals surface area contributed by atoms with E-state index in [2.05, 4.69) is 5.32 Å². The van der Waals surface area contributed by atoms with Gasteiger partial charge in [0.1, 0.15) is 5.75 Å². The molecule has 1 saturated heterocycles. The minimum absolute atomic E-state index is 0.116. The standard InChI is InChI=1S/C17H26N2O2/c1-13(2)21-16-9-5-4-7-14(16)11-17(20)19-10-6-8-15(19)12-18-3/h4-5,7,9,13,15,18H,6,8,10-12H2,1-3H3/t15-/m1/s1. The fourth-order valence-electron chi connectivity index (χ4n) is 2.90. The number of nitrogens with one attached hydrogen (secondary N) is 1. The van der Waals surface area contributed by atoms with Crippen molar-refractivity contribution in [1.82, 2.24) is 10.2 Å². The molecule has 4 heteroatoms. The van der Waals surface area contributed by atoms with Gasteiger partial charge < -0.3 is 15.0 Å². The number of nitrogens with zero attached hydrogens (tertiary/aromatic N) is 1. The first kappa shape index (κ1) is 15.8. The normalized spacial score (nSPS) is 18.3. The van der Waals surface area contributed by atoms with Crippen LogP contribution in [0.4, 0.5) is 0 Å². The van der Waals surface area contributed by atoms with Crippen LogP contribution in [-0.2, 0) is 11.2 Å². The third-order valence-corrected chi connectivity index (χ3v) is 3.81. The molecule has 1 atom stereocenters. The lowest BCUT2D eigenvalue weighted by Gasteiger charge is -2.25. The van der Waals surface area contributed by atoms with Crippen molar-refractivity contribution in [3.05, 3.63) is 29.8 Å². The van der Waals surface area contributed by atoms with E-state index in [1.165, 1.54) is 0 Å². The number of likely N-dealkylation sites (N-methyl/N-ethyl adjacent to an activating group) is 1. The molecule has 1 aromatic rings. The number of likely N-dealkylation sites (tertiary alicyclic amines) is 1. The average Bonchev–Trinajstić information content (AvgIpc) is 2.89. The van der Waals surface area contributed by atoms with Crippen molar-refractivity contribution < 1.29 is 9.53 Å². The molecule has 1 aliphatic rings. The van der Waals surface area contributed by atoms with Crippen molar-refractivity contribution in [3.8, 4) is 5.75 Å². The van der Waals surface area contributed by atoms with Crippen molar-refractivity contribution >= 4 is 5.91 Å². The summed E-state index contributed by atoms with van der Waals surface area (Å²) in [5.41, 5.74) is 0.978. The molecule has 0 saturated carbocycles. The predicted octanol–water partition coefficient (Wildman–Crippen LogP) is 2.23. The molecule has 0 radical (unpaired) electrons. The van der Waals surface area contributed by atoms with E-state index in [0.29, 0.717) is 12.5 Å². The maximum absolute atomic E-state index is 12.6. The Morgan fingerprint density at radius 1 is 1.43 bits per heavy atom. The molecule has 116 valence electrons. The van der Waals surface area contributed by atoms with Crippen LogP contribution in [-0.4, -0.2) is 43.1 Å². The highest BCUT2D eigenvalue weighted by atomic mass is 16.5. The second kappa shape index (κ2) is 7.46. The van der Waals surface area contributed by atoms with Gasteiger partial charge in [0.15, 0.2) is 0 Å². The summed E-state index contributed by atoms with van der Waals surface area (Å²) in [6, 6.07) is 8.17. The topological polar surface area (TPSA) is 41.6 Å². The number of carbonyl (C=O) groups is 1. The van der Waals surface area contributed by atoms with Crippen LogP contribution in [0.3, 0.4) is 0 Å². The SMILES string of the molecule is CNC[C@H]1CCCN1C(=O)Cc1ccccc1OC(C)C. The van der Waals surface area contributed by atoms with Gasteiger partial charge in [0.2, 0.25) is 5.91 Å². The number of amides is 1. The van der Waals surface area contributed by atoms with E-state index in [4.69, 9.17) is 4.74 Å². The third-order valence-electron chi connectivity index (χ3n) is 3.81. The van der Waals surface area contributed by atoms with Crippen molar-refractivity contribution in [2.45, 2.75) is 45.3 Å². The Hall–Kier alpha value is -1.55. The first-order chi connectivity index (χ1) is 10.1. The maximum Gasteiger partial charge on any atom is 0.227 e. The quantitative estimate of drug-likeness (QED) is 0.873. The Morgan fingerprint density at radius 3 is 2.90 bits per heavy atom. The van der Waals surface area contributed by atoms with E-state index in [-0.39, 0.29) is 12.0 Å². The highest BCUT2D eigenvalue weighted by molar-refractivity contribution is 5.80. The van der Waals surface area contributed by atoms with Crippen LogP contribution >= 0.6 is 0 Å². The van der Waals surface area contributed by atoms with Gasteiger partial charge in [-0.05, 0) is 39.8 Å². The molecule has 1 N–H and O–H groups in total. The number of carbonyl (C=O) groups excluding carboxylic acids is 1. The molecular weight excluding hydrogens is 264 g/mol. The predicted molar refractivity (Wildman–Crippen MR) is 84.6 cm³/mol. The first-order valence-electron chi connectivity index (χ1n) is 7.80. The van der Waals surface area contributed by atoms with Gasteiger partial charge in [-0.1, -0.05) is 18.2 Å². The van der Waals surface area contributed by atoms with E-state index >= 15 is 0 Å². The summed E-state index contributed by atoms with van der Waals surface area (Å²) >= 11 is 0. The van der Waals surface area contributed by atoms with Crippen molar-refractivity contribution in [3.63, 3.8) is 0 Å². The van der Waals surface area contributed by atoms with Crippen LogP contribution in [0.1, 0.15) is 32.3 Å². The van der Waals surface area contributed by atoms with Crippen molar-refractivity contribution in [2.24, 2.45) is 0 Å². The number of rotatable bonds is 6. The van der Waals surface area contributed by atoms with Crippen LogP contribution < -0.4 is 10.1 Å². The van der Waals surface area contributed by atoms with Crippen LogP contribution in [0.5, 0.6) is 5.75 Å². The van der Waals surface area contributed by atoms with Gasteiger partial charge in [-0.25, -0.2) is 0 Å². The van der Waals surface area contributed by atoms with Gasteiger partial charge in [-0.2, -0.15) is 0 Å². The molecule has 0 aromatic heterocycles. The molecule has 0 aliphatic carbocycles. The minimum Gasteiger partial charge on any atom is -0.491 e. The lowest BCUT2D eigenvalue weighted by Crippen LogP contribution is -2.41. The van der Waals surface area contributed by atoms with Crippen molar-refractivity contribution in [2.75, 3.05) is 20.1 Å². The maximum atomic E-state index is 12.6. The average molecular weight is 290 g/mol. The summed E-state index contributed by atoms with van der Waals surface area (Å²) in [6.45, 7) is 5.75. The Labute approximate surface area is 127 Å². The Morgan fingerprint density at radius 2 is 2.19 bits per heavy atom. The summed E-state index contributed by atoms with van der Waals surface area (Å²) in [7, 11) is 1.94. The fraction of sp³-hybridized carbons (Fsp3) is 0.588. The minimum atomic E-state index is 0.116. The van der Waals surface area contributed by atoms with Gasteiger partial charge >= 0.3 is 0 Å². The zero-order chi connectivity index (χ0) is 15.2. The summed E-state index contributed by atoms with van der Waals surface area (Å²) in [5, 5.41) is 3.18. The van der Waals surface area contributed by atoms with Gasteiger partial charge in [-0.15, -0.1) is 0 Å². The number of hydrogen-bond donors (Lipinski definition) is 1. The van der Waals surface area contributed by atoms with Crippen LogP contribution in [0, 0.1) is 0 Å². The molecule has 0 unspecified atom stereocenters. The van der Waals surface area contributed by atoms with E-state index in [1.54, 1.807) is 0 Å². The zero-order valence-electron chi connectivity index (χ0n) is 13.3. The smallest absolute Gasteiger partial charge is 0.227 e. The lowest BCUT2D eigenvalue weighted by atomic mass is 10.1. The van der Waals surface area contributed by atoms with Crippen LogP contribution in [0.2, 0.25) is 0 Å². The second-order valence-electron chi connectivity index (χ2n) is 5.89. The van der Waals surface area contributed by atoms with E-state index in [0.717, 1.165) is 37.2 Å². The largest absolute Gasteiger partial charge is 0.491 e. The molecule has 0 spiro atoms. The van der Waals surface area contributed by atoms with Crippen molar-refractivity contribution in [1.29, 1.82) is 0 Å². The molecule has 21 heavy (non-hydrogen) atoms. The molecule has 1 fully saturated rings.